The van der Waals surface area contributed by atoms with Gasteiger partial charge in [0.25, 0.3) is 11.6 Å². The van der Waals surface area contributed by atoms with Crippen LogP contribution in [0.4, 0.5) is 17.1 Å². The van der Waals surface area contributed by atoms with Crippen LogP contribution in [0.25, 0.3) is 11.3 Å². The number of carbonyl (C=O) groups excluding carboxylic acids is 1. The molecule has 8 nitrogen and oxygen atoms in total. The van der Waals surface area contributed by atoms with Gasteiger partial charge in [0.1, 0.15) is 5.75 Å². The molecule has 1 aliphatic rings. The highest BCUT2D eigenvalue weighted by Crippen LogP contribution is 2.39. The number of nitrogens with one attached hydrogen (secondary N) is 2. The summed E-state index contributed by atoms with van der Waals surface area (Å²) in [6.07, 6.45) is 0. The summed E-state index contributed by atoms with van der Waals surface area (Å²) < 4.78 is 5.26. The van der Waals surface area contributed by atoms with Crippen LogP contribution in [-0.2, 0) is 11.3 Å². The largest absolute Gasteiger partial charge is 0.497 e. The van der Waals surface area contributed by atoms with Gasteiger partial charge in [0, 0.05) is 35.6 Å². The van der Waals surface area contributed by atoms with E-state index in [9.17, 15) is 14.9 Å². The summed E-state index contributed by atoms with van der Waals surface area (Å²) in [6.45, 7) is 0.812. The number of nitro benzene ring substituents is 1. The van der Waals surface area contributed by atoms with Crippen molar-refractivity contribution in [2.24, 2.45) is 0 Å². The molecule has 0 unspecified atom stereocenters. The highest BCUT2D eigenvalue weighted by molar-refractivity contribution is 6.37. The summed E-state index contributed by atoms with van der Waals surface area (Å²) in [5.41, 5.74) is 4.53. The highest BCUT2D eigenvalue weighted by Gasteiger charge is 2.30. The molecule has 0 saturated heterocycles. The van der Waals surface area contributed by atoms with Crippen molar-refractivity contribution in [2.75, 3.05) is 31.8 Å². The number of non-ortho nitro benzene ring substituents is 1. The molecule has 8 heteroatoms. The van der Waals surface area contributed by atoms with E-state index < -0.39 is 4.92 Å². The van der Waals surface area contributed by atoms with E-state index in [1.807, 2.05) is 50.5 Å². The van der Waals surface area contributed by atoms with Gasteiger partial charge >= 0.3 is 0 Å². The van der Waals surface area contributed by atoms with Gasteiger partial charge in [-0.05, 0) is 67.7 Å². The van der Waals surface area contributed by atoms with Gasteiger partial charge < -0.3 is 20.3 Å². The molecule has 0 aromatic heterocycles. The lowest BCUT2D eigenvalue weighted by Crippen LogP contribution is -2.11. The van der Waals surface area contributed by atoms with Gasteiger partial charge in [-0.25, -0.2) is 0 Å². The number of fused-ring (bicyclic) bond motifs is 1. The lowest BCUT2D eigenvalue weighted by atomic mass is 9.99. The molecule has 3 aromatic rings. The number of anilines is 2. The number of nitro groups is 1. The fraction of sp³-hybridized carbons (Fsp3) is 0.160. The Kier molecular flexibility index (Phi) is 6.10. The molecule has 0 aliphatic carbocycles. The average Bonchev–Trinajstić information content (AvgIpc) is 3.13. The molecule has 4 rings (SSSR count). The van der Waals surface area contributed by atoms with E-state index in [1.165, 1.54) is 12.1 Å². The molecule has 3 aromatic carbocycles. The number of ether oxygens (including phenoxy) is 1. The van der Waals surface area contributed by atoms with Crippen molar-refractivity contribution in [3.05, 3.63) is 93.5 Å². The SMILES string of the molecule is COc1ccc(/C(Nc2ccc(CN(C)C)cc2)=C2/C(=O)Nc3ccc([N+](=O)[O-])cc32)cc1. The van der Waals surface area contributed by atoms with Crippen LogP contribution in [-0.4, -0.2) is 36.9 Å². The van der Waals surface area contributed by atoms with E-state index in [2.05, 4.69) is 15.5 Å². The van der Waals surface area contributed by atoms with Crippen molar-refractivity contribution in [3.63, 3.8) is 0 Å². The molecule has 1 amide bonds. The first-order valence-corrected chi connectivity index (χ1v) is 10.4. The maximum absolute atomic E-state index is 13.0. The lowest BCUT2D eigenvalue weighted by molar-refractivity contribution is -0.384. The molecule has 0 fully saturated rings. The predicted molar refractivity (Wildman–Crippen MR) is 129 cm³/mol. The third-order valence-electron chi connectivity index (χ3n) is 5.31. The van der Waals surface area contributed by atoms with Gasteiger partial charge in [0.15, 0.2) is 0 Å². The fourth-order valence-electron chi connectivity index (χ4n) is 3.76. The number of hydrogen-bond donors (Lipinski definition) is 2. The third-order valence-corrected chi connectivity index (χ3v) is 5.31. The van der Waals surface area contributed by atoms with Crippen LogP contribution < -0.4 is 15.4 Å². The Morgan fingerprint density at radius 2 is 1.76 bits per heavy atom. The summed E-state index contributed by atoms with van der Waals surface area (Å²) >= 11 is 0. The third kappa shape index (κ3) is 4.70. The molecular weight excluding hydrogens is 420 g/mol. The topological polar surface area (TPSA) is 96.7 Å². The van der Waals surface area contributed by atoms with E-state index in [4.69, 9.17) is 4.74 Å². The Morgan fingerprint density at radius 3 is 2.36 bits per heavy atom. The molecular formula is C25H24N4O4. The second kappa shape index (κ2) is 9.13. The standard InChI is InChI=1S/C25H24N4O4/c1-28(2)15-16-4-8-18(9-5-16)26-24(17-6-11-20(33-3)12-7-17)23-21-14-19(29(31)32)10-13-22(21)27-25(23)30/h4-14,26H,15H2,1-3H3,(H,27,30)/b24-23-. The Balaban J connectivity index is 1.83. The zero-order chi connectivity index (χ0) is 23.5. The van der Waals surface area contributed by atoms with Crippen LogP contribution in [0.2, 0.25) is 0 Å². The van der Waals surface area contributed by atoms with E-state index in [0.29, 0.717) is 28.3 Å². The smallest absolute Gasteiger partial charge is 0.270 e. The number of rotatable bonds is 7. The molecule has 1 aliphatic heterocycles. The maximum atomic E-state index is 13.0. The Morgan fingerprint density at radius 1 is 1.06 bits per heavy atom. The van der Waals surface area contributed by atoms with Crippen LogP contribution in [0, 0.1) is 10.1 Å². The molecule has 33 heavy (non-hydrogen) atoms. The molecule has 0 bridgehead atoms. The molecule has 1 heterocycles. The molecule has 0 radical (unpaired) electrons. The summed E-state index contributed by atoms with van der Waals surface area (Å²) in [5, 5.41) is 17.5. The highest BCUT2D eigenvalue weighted by atomic mass is 16.6. The van der Waals surface area contributed by atoms with Crippen molar-refractivity contribution in [2.45, 2.75) is 6.54 Å². The molecule has 2 N–H and O–H groups in total. The second-order valence-electron chi connectivity index (χ2n) is 7.98. The normalized spacial score (nSPS) is 14.0. The zero-order valence-electron chi connectivity index (χ0n) is 18.6. The first kappa shape index (κ1) is 22.0. The van der Waals surface area contributed by atoms with Gasteiger partial charge in [-0.2, -0.15) is 0 Å². The summed E-state index contributed by atoms with van der Waals surface area (Å²) in [7, 11) is 5.60. The van der Waals surface area contributed by atoms with Crippen LogP contribution in [0.15, 0.2) is 66.7 Å². The van der Waals surface area contributed by atoms with Crippen LogP contribution >= 0.6 is 0 Å². The maximum Gasteiger partial charge on any atom is 0.270 e. The number of methoxy groups -OCH3 is 1. The Bertz CT molecular complexity index is 1230. The average molecular weight is 444 g/mol. The van der Waals surface area contributed by atoms with Crippen LogP contribution in [0.3, 0.4) is 0 Å². The minimum atomic E-state index is -0.468. The predicted octanol–water partition coefficient (Wildman–Crippen LogP) is 4.60. The zero-order valence-corrected chi connectivity index (χ0v) is 18.6. The number of benzene rings is 3. The monoisotopic (exact) mass is 444 g/mol. The summed E-state index contributed by atoms with van der Waals surface area (Å²) in [4.78, 5) is 26.0. The second-order valence-corrected chi connectivity index (χ2v) is 7.98. The fourth-order valence-corrected chi connectivity index (χ4v) is 3.76. The van der Waals surface area contributed by atoms with Crippen molar-refractivity contribution >= 4 is 34.2 Å². The van der Waals surface area contributed by atoms with Gasteiger partial charge in [0.2, 0.25) is 0 Å². The Labute approximate surface area is 191 Å². The number of nitrogens with zero attached hydrogens (tertiary/aromatic N) is 2. The van der Waals surface area contributed by atoms with Crippen molar-refractivity contribution in [1.29, 1.82) is 0 Å². The van der Waals surface area contributed by atoms with E-state index in [1.54, 1.807) is 25.3 Å². The minimum absolute atomic E-state index is 0.0788. The summed E-state index contributed by atoms with van der Waals surface area (Å²) in [5.74, 6) is 0.357. The van der Waals surface area contributed by atoms with E-state index in [-0.39, 0.29) is 11.6 Å². The number of carbonyl (C=O) groups is 1. The van der Waals surface area contributed by atoms with Crippen LogP contribution in [0.5, 0.6) is 5.75 Å². The van der Waals surface area contributed by atoms with Gasteiger partial charge in [-0.15, -0.1) is 0 Å². The van der Waals surface area contributed by atoms with Crippen molar-refractivity contribution in [3.8, 4) is 5.75 Å². The van der Waals surface area contributed by atoms with Crippen molar-refractivity contribution in [1.82, 2.24) is 4.90 Å². The first-order chi connectivity index (χ1) is 15.9. The van der Waals surface area contributed by atoms with Gasteiger partial charge in [-0.1, -0.05) is 12.1 Å². The minimum Gasteiger partial charge on any atom is -0.497 e. The lowest BCUT2D eigenvalue weighted by Gasteiger charge is -2.16. The van der Waals surface area contributed by atoms with Crippen molar-refractivity contribution < 1.29 is 14.5 Å². The van der Waals surface area contributed by atoms with Crippen LogP contribution in [0.1, 0.15) is 16.7 Å². The molecule has 0 atom stereocenters. The molecule has 0 saturated carbocycles. The molecule has 0 spiro atoms. The number of hydrogen-bond acceptors (Lipinski definition) is 6. The van der Waals surface area contributed by atoms with E-state index >= 15 is 0 Å². The Hall–Kier alpha value is -4.17. The molecule has 168 valence electrons. The van der Waals surface area contributed by atoms with E-state index in [0.717, 1.165) is 23.4 Å². The number of amides is 1. The van der Waals surface area contributed by atoms with Gasteiger partial charge in [0.05, 0.1) is 23.3 Å². The summed E-state index contributed by atoms with van der Waals surface area (Å²) in [6, 6.07) is 19.6. The quantitative estimate of drug-likeness (QED) is 0.314. The first-order valence-electron chi connectivity index (χ1n) is 10.4. The van der Waals surface area contributed by atoms with Gasteiger partial charge in [-0.3, -0.25) is 14.9 Å².